The van der Waals surface area contributed by atoms with Crippen LogP contribution in [-0.4, -0.2) is 57.1 Å². The first kappa shape index (κ1) is 20.9. The summed E-state index contributed by atoms with van der Waals surface area (Å²) in [5.74, 6) is -0.531. The molecule has 0 saturated carbocycles. The van der Waals surface area contributed by atoms with Gasteiger partial charge in [-0.2, -0.15) is 18.3 Å². The lowest BCUT2D eigenvalue weighted by atomic mass is 10.1. The van der Waals surface area contributed by atoms with E-state index in [0.717, 1.165) is 35.6 Å². The van der Waals surface area contributed by atoms with Crippen molar-refractivity contribution < 1.29 is 18.0 Å². The van der Waals surface area contributed by atoms with Crippen molar-refractivity contribution in [1.82, 2.24) is 25.0 Å². The van der Waals surface area contributed by atoms with E-state index in [4.69, 9.17) is 0 Å². The molecule has 6 nitrogen and oxygen atoms in total. The Balaban J connectivity index is 1.86. The zero-order valence-electron chi connectivity index (χ0n) is 16.4. The molecule has 0 aliphatic rings. The van der Waals surface area contributed by atoms with Crippen LogP contribution in [0, 0.1) is 0 Å². The van der Waals surface area contributed by atoms with Crippen molar-refractivity contribution in [3.63, 3.8) is 0 Å². The van der Waals surface area contributed by atoms with Gasteiger partial charge in [0.2, 0.25) is 0 Å². The molecule has 0 atom stereocenters. The number of halogens is 3. The number of H-pyrrole nitrogens is 2. The van der Waals surface area contributed by atoms with Crippen LogP contribution in [0.25, 0.3) is 10.9 Å². The summed E-state index contributed by atoms with van der Waals surface area (Å²) in [6, 6.07) is 8.43. The highest BCUT2D eigenvalue weighted by molar-refractivity contribution is 5.93. The minimum atomic E-state index is -4.58. The summed E-state index contributed by atoms with van der Waals surface area (Å²) in [5, 5.41) is 6.51. The van der Waals surface area contributed by atoms with E-state index in [2.05, 4.69) is 15.0 Å². The Kier molecular flexibility index (Phi) is 6.26. The van der Waals surface area contributed by atoms with E-state index >= 15 is 0 Å². The highest BCUT2D eigenvalue weighted by atomic mass is 19.4. The fraction of sp³-hybridized carbons (Fsp3) is 0.400. The van der Waals surface area contributed by atoms with Crippen LogP contribution in [0.1, 0.15) is 35.6 Å². The zero-order chi connectivity index (χ0) is 21.0. The summed E-state index contributed by atoms with van der Waals surface area (Å²) in [6.07, 6.45) is -2.76. The highest BCUT2D eigenvalue weighted by Crippen LogP contribution is 2.28. The second kappa shape index (κ2) is 8.69. The van der Waals surface area contributed by atoms with Gasteiger partial charge in [0.1, 0.15) is 5.69 Å². The molecule has 3 rings (SSSR count). The Morgan fingerprint density at radius 3 is 2.55 bits per heavy atom. The number of benzene rings is 1. The maximum Gasteiger partial charge on any atom is 0.432 e. The van der Waals surface area contributed by atoms with Crippen LogP contribution in [0.3, 0.4) is 0 Å². The van der Waals surface area contributed by atoms with Crippen LogP contribution < -0.4 is 0 Å². The van der Waals surface area contributed by atoms with E-state index < -0.39 is 17.8 Å². The van der Waals surface area contributed by atoms with Crippen molar-refractivity contribution in [3.05, 3.63) is 53.5 Å². The molecule has 2 heterocycles. The fourth-order valence-electron chi connectivity index (χ4n) is 3.29. The topological polar surface area (TPSA) is 68.0 Å². The number of carbonyl (C=O) groups is 1. The van der Waals surface area contributed by atoms with Crippen LogP contribution >= 0.6 is 0 Å². The molecule has 2 aromatic heterocycles. The first-order valence-electron chi connectivity index (χ1n) is 9.52. The predicted octanol–water partition coefficient (Wildman–Crippen LogP) is 3.89. The molecule has 3 aromatic rings. The molecule has 29 heavy (non-hydrogen) atoms. The third-order valence-corrected chi connectivity index (χ3v) is 5.02. The van der Waals surface area contributed by atoms with E-state index in [1.54, 1.807) is 4.90 Å². The van der Waals surface area contributed by atoms with E-state index in [1.165, 1.54) is 0 Å². The Labute approximate surface area is 166 Å². The minimum Gasteiger partial charge on any atom is -0.361 e. The third-order valence-electron chi connectivity index (χ3n) is 5.02. The lowest BCUT2D eigenvalue weighted by Gasteiger charge is -2.26. The van der Waals surface area contributed by atoms with Crippen LogP contribution in [0.4, 0.5) is 13.2 Å². The first-order valence-corrected chi connectivity index (χ1v) is 9.52. The minimum absolute atomic E-state index is 0.238. The third kappa shape index (κ3) is 4.79. The number of nitrogens with zero attached hydrogens (tertiary/aromatic N) is 3. The van der Waals surface area contributed by atoms with Gasteiger partial charge in [-0.05, 0) is 30.8 Å². The molecule has 0 radical (unpaired) electrons. The largest absolute Gasteiger partial charge is 0.432 e. The number of aromatic nitrogens is 3. The van der Waals surface area contributed by atoms with E-state index in [-0.39, 0.29) is 12.2 Å². The number of alkyl halides is 3. The monoisotopic (exact) mass is 407 g/mol. The van der Waals surface area contributed by atoms with Gasteiger partial charge < -0.3 is 14.8 Å². The highest BCUT2D eigenvalue weighted by Gasteiger charge is 2.34. The standard InChI is InChI=1S/C20H24F3N5O/c1-3-27(4-2)10-11-28(13-14-6-5-7-16-15(14)8-9-24-16)19(29)17-12-18(26-25-17)20(21,22)23/h5-9,12,24H,3-4,10-11,13H2,1-2H3,(H,25,26). The van der Waals surface area contributed by atoms with Gasteiger partial charge in [0.15, 0.2) is 5.69 Å². The number of rotatable bonds is 8. The molecule has 2 N–H and O–H groups in total. The number of fused-ring (bicyclic) bond motifs is 1. The molecule has 0 saturated heterocycles. The fourth-order valence-corrected chi connectivity index (χ4v) is 3.29. The molecule has 156 valence electrons. The Morgan fingerprint density at radius 1 is 1.14 bits per heavy atom. The smallest absolute Gasteiger partial charge is 0.361 e. The van der Waals surface area contributed by atoms with Gasteiger partial charge in [0, 0.05) is 42.8 Å². The van der Waals surface area contributed by atoms with E-state index in [1.807, 2.05) is 49.4 Å². The number of nitrogens with one attached hydrogen (secondary N) is 2. The molecule has 0 fully saturated rings. The summed E-state index contributed by atoms with van der Waals surface area (Å²) in [7, 11) is 0. The average Bonchev–Trinajstić information content (AvgIpc) is 3.36. The summed E-state index contributed by atoms with van der Waals surface area (Å²) in [5.41, 5.74) is 0.594. The van der Waals surface area contributed by atoms with Crippen molar-refractivity contribution in [1.29, 1.82) is 0 Å². The number of amides is 1. The number of carbonyl (C=O) groups excluding carboxylic acids is 1. The molecule has 1 aromatic carbocycles. The van der Waals surface area contributed by atoms with E-state index in [0.29, 0.717) is 13.1 Å². The van der Waals surface area contributed by atoms with Crippen LogP contribution in [0.15, 0.2) is 36.5 Å². The summed E-state index contributed by atoms with van der Waals surface area (Å²) < 4.78 is 38.7. The lowest BCUT2D eigenvalue weighted by molar-refractivity contribution is -0.141. The van der Waals surface area contributed by atoms with Crippen molar-refractivity contribution in [2.24, 2.45) is 0 Å². The predicted molar refractivity (Wildman–Crippen MR) is 104 cm³/mol. The van der Waals surface area contributed by atoms with Crippen molar-refractivity contribution in [2.45, 2.75) is 26.6 Å². The summed E-state index contributed by atoms with van der Waals surface area (Å²) >= 11 is 0. The molecule has 0 bridgehead atoms. The maximum atomic E-state index is 13.0. The summed E-state index contributed by atoms with van der Waals surface area (Å²) in [6.45, 7) is 7.00. The van der Waals surface area contributed by atoms with Gasteiger partial charge in [0.25, 0.3) is 5.91 Å². The second-order valence-electron chi connectivity index (χ2n) is 6.77. The molecule has 9 heteroatoms. The number of hydrogen-bond donors (Lipinski definition) is 2. The van der Waals surface area contributed by atoms with Crippen molar-refractivity contribution in [2.75, 3.05) is 26.2 Å². The second-order valence-corrected chi connectivity index (χ2v) is 6.77. The molecule has 0 unspecified atom stereocenters. The number of aromatic amines is 2. The zero-order valence-corrected chi connectivity index (χ0v) is 16.4. The number of hydrogen-bond acceptors (Lipinski definition) is 3. The van der Waals surface area contributed by atoms with Gasteiger partial charge in [-0.1, -0.05) is 26.0 Å². The van der Waals surface area contributed by atoms with Gasteiger partial charge in [-0.25, -0.2) is 0 Å². The molecule has 0 spiro atoms. The Bertz CT molecular complexity index is 958. The van der Waals surface area contributed by atoms with Crippen LogP contribution in [-0.2, 0) is 12.7 Å². The lowest BCUT2D eigenvalue weighted by Crippen LogP contribution is -2.38. The van der Waals surface area contributed by atoms with Gasteiger partial charge >= 0.3 is 6.18 Å². The van der Waals surface area contributed by atoms with Gasteiger partial charge in [0.05, 0.1) is 0 Å². The molecular formula is C20H24F3N5O. The first-order chi connectivity index (χ1) is 13.8. The van der Waals surface area contributed by atoms with Gasteiger partial charge in [-0.3, -0.25) is 9.89 Å². The normalized spacial score (nSPS) is 12.1. The SMILES string of the molecule is CCN(CC)CCN(Cc1cccc2[nH]ccc12)C(=O)c1cc(C(F)(F)F)[nH]n1. The van der Waals surface area contributed by atoms with Crippen molar-refractivity contribution in [3.8, 4) is 0 Å². The van der Waals surface area contributed by atoms with Crippen LogP contribution in [0.2, 0.25) is 0 Å². The van der Waals surface area contributed by atoms with E-state index in [9.17, 15) is 18.0 Å². The van der Waals surface area contributed by atoms with Crippen molar-refractivity contribution >= 4 is 16.8 Å². The summed E-state index contributed by atoms with van der Waals surface area (Å²) in [4.78, 5) is 19.8. The molecule has 1 amide bonds. The molecule has 0 aliphatic carbocycles. The average molecular weight is 407 g/mol. The Hall–Kier alpha value is -2.81. The molecular weight excluding hydrogens is 383 g/mol. The maximum absolute atomic E-state index is 13.0. The number of likely N-dealkylation sites (N-methyl/N-ethyl adjacent to an activating group) is 1. The van der Waals surface area contributed by atoms with Gasteiger partial charge in [-0.15, -0.1) is 0 Å². The Morgan fingerprint density at radius 2 is 1.90 bits per heavy atom. The van der Waals surface area contributed by atoms with Crippen LogP contribution in [0.5, 0.6) is 0 Å². The molecule has 0 aliphatic heterocycles. The quantitative estimate of drug-likeness (QED) is 0.595.